The van der Waals surface area contributed by atoms with Crippen LogP contribution in [0.1, 0.15) is 16.1 Å². The fraction of sp³-hybridized carbons (Fsp3) is 0.143. The van der Waals surface area contributed by atoms with Crippen molar-refractivity contribution in [2.45, 2.75) is 6.42 Å². The standard InChI is InChI=1S/C21H17N5O3/c27-21(24-9-6-15-3-1-2-8-22-15)16-12-25-26-17(7-10-23-20(16)26)14-4-5-18-19(11-14)29-13-28-18/h1-5,7-8,10-12H,6,9,13H2,(H,24,27). The minimum atomic E-state index is -0.216. The van der Waals surface area contributed by atoms with Gasteiger partial charge in [-0.25, -0.2) is 9.50 Å². The summed E-state index contributed by atoms with van der Waals surface area (Å²) in [5.74, 6) is 1.19. The molecule has 8 nitrogen and oxygen atoms in total. The van der Waals surface area contributed by atoms with Crippen LogP contribution in [0.4, 0.5) is 0 Å². The number of nitrogens with one attached hydrogen (secondary N) is 1. The number of aromatic nitrogens is 4. The van der Waals surface area contributed by atoms with Crippen molar-refractivity contribution < 1.29 is 14.3 Å². The largest absolute Gasteiger partial charge is 0.454 e. The number of hydrogen-bond donors (Lipinski definition) is 1. The molecule has 1 aliphatic rings. The Hall–Kier alpha value is -3.94. The van der Waals surface area contributed by atoms with Gasteiger partial charge in [0.05, 0.1) is 11.9 Å². The second kappa shape index (κ2) is 7.23. The fourth-order valence-electron chi connectivity index (χ4n) is 3.27. The maximum absolute atomic E-state index is 12.6. The van der Waals surface area contributed by atoms with E-state index in [2.05, 4.69) is 20.4 Å². The minimum absolute atomic E-state index is 0.216. The van der Waals surface area contributed by atoms with E-state index in [1.165, 1.54) is 6.20 Å². The normalized spacial score (nSPS) is 12.3. The predicted molar refractivity (Wildman–Crippen MR) is 105 cm³/mol. The van der Waals surface area contributed by atoms with Crippen molar-refractivity contribution >= 4 is 11.6 Å². The summed E-state index contributed by atoms with van der Waals surface area (Å²) >= 11 is 0. The zero-order chi connectivity index (χ0) is 19.6. The molecular weight excluding hydrogens is 370 g/mol. The molecule has 1 aromatic carbocycles. The molecule has 0 saturated carbocycles. The van der Waals surface area contributed by atoms with E-state index in [1.54, 1.807) is 16.9 Å². The lowest BCUT2D eigenvalue weighted by Gasteiger charge is -2.07. The Balaban J connectivity index is 1.39. The topological polar surface area (TPSA) is 90.6 Å². The van der Waals surface area contributed by atoms with Crippen molar-refractivity contribution in [1.82, 2.24) is 24.9 Å². The Kier molecular flexibility index (Phi) is 4.28. The lowest BCUT2D eigenvalue weighted by molar-refractivity contribution is 0.0955. The van der Waals surface area contributed by atoms with Gasteiger partial charge in [-0.2, -0.15) is 5.10 Å². The highest BCUT2D eigenvalue weighted by Crippen LogP contribution is 2.35. The Labute approximate surface area is 166 Å². The molecule has 1 N–H and O–H groups in total. The number of rotatable bonds is 5. The number of ether oxygens (including phenoxy) is 2. The van der Waals surface area contributed by atoms with E-state index in [1.807, 2.05) is 42.5 Å². The SMILES string of the molecule is O=C(NCCc1ccccn1)c1cnn2c(-c3ccc4c(c3)OCO4)ccnc12. The highest BCUT2D eigenvalue weighted by Gasteiger charge is 2.18. The summed E-state index contributed by atoms with van der Waals surface area (Å²) in [6.45, 7) is 0.699. The zero-order valence-corrected chi connectivity index (χ0v) is 15.4. The maximum atomic E-state index is 12.6. The van der Waals surface area contributed by atoms with Crippen molar-refractivity contribution in [3.05, 3.63) is 72.3 Å². The quantitative estimate of drug-likeness (QED) is 0.566. The molecule has 8 heteroatoms. The average Bonchev–Trinajstić information content (AvgIpc) is 3.40. The number of carbonyl (C=O) groups excluding carboxylic acids is 1. The average molecular weight is 387 g/mol. The molecule has 1 aliphatic heterocycles. The van der Waals surface area contributed by atoms with E-state index in [0.29, 0.717) is 35.7 Å². The third-order valence-electron chi connectivity index (χ3n) is 4.71. The zero-order valence-electron chi connectivity index (χ0n) is 15.4. The van der Waals surface area contributed by atoms with Crippen molar-refractivity contribution in [3.63, 3.8) is 0 Å². The van der Waals surface area contributed by atoms with Gasteiger partial charge in [-0.15, -0.1) is 0 Å². The number of fused-ring (bicyclic) bond motifs is 2. The number of carbonyl (C=O) groups is 1. The van der Waals surface area contributed by atoms with Crippen LogP contribution in [0.15, 0.2) is 61.1 Å². The number of amides is 1. The lowest BCUT2D eigenvalue weighted by atomic mass is 10.1. The predicted octanol–water partition coefficient (Wildman–Crippen LogP) is 2.49. The first-order chi connectivity index (χ1) is 14.3. The van der Waals surface area contributed by atoms with Crippen LogP contribution in [0.25, 0.3) is 16.9 Å². The van der Waals surface area contributed by atoms with Crippen LogP contribution in [0, 0.1) is 0 Å². The van der Waals surface area contributed by atoms with Crippen molar-refractivity contribution in [3.8, 4) is 22.8 Å². The molecule has 29 heavy (non-hydrogen) atoms. The highest BCUT2D eigenvalue weighted by molar-refractivity contribution is 5.99. The van der Waals surface area contributed by atoms with Crippen LogP contribution >= 0.6 is 0 Å². The van der Waals surface area contributed by atoms with Crippen LogP contribution < -0.4 is 14.8 Å². The first-order valence-electron chi connectivity index (χ1n) is 9.20. The van der Waals surface area contributed by atoms with E-state index in [0.717, 1.165) is 17.0 Å². The molecule has 5 rings (SSSR count). The molecule has 0 unspecified atom stereocenters. The molecule has 0 aliphatic carbocycles. The minimum Gasteiger partial charge on any atom is -0.454 e. The van der Waals surface area contributed by atoms with Gasteiger partial charge in [0.25, 0.3) is 5.91 Å². The summed E-state index contributed by atoms with van der Waals surface area (Å²) in [7, 11) is 0. The first-order valence-corrected chi connectivity index (χ1v) is 9.20. The molecule has 1 amide bonds. The van der Waals surface area contributed by atoms with Crippen LogP contribution in [-0.2, 0) is 6.42 Å². The van der Waals surface area contributed by atoms with E-state index in [9.17, 15) is 4.79 Å². The molecular formula is C21H17N5O3. The molecule has 0 atom stereocenters. The van der Waals surface area contributed by atoms with E-state index in [-0.39, 0.29) is 12.7 Å². The molecule has 3 aromatic heterocycles. The van der Waals surface area contributed by atoms with Gasteiger partial charge in [-0.3, -0.25) is 9.78 Å². The summed E-state index contributed by atoms with van der Waals surface area (Å²) in [4.78, 5) is 21.3. The van der Waals surface area contributed by atoms with Gasteiger partial charge in [0.2, 0.25) is 6.79 Å². The van der Waals surface area contributed by atoms with Gasteiger partial charge in [-0.05, 0) is 36.4 Å². The number of nitrogens with zero attached hydrogens (tertiary/aromatic N) is 4. The summed E-state index contributed by atoms with van der Waals surface area (Å²) < 4.78 is 12.5. The van der Waals surface area contributed by atoms with Gasteiger partial charge < -0.3 is 14.8 Å². The van der Waals surface area contributed by atoms with Crippen molar-refractivity contribution in [2.75, 3.05) is 13.3 Å². The Morgan fingerprint density at radius 2 is 2.00 bits per heavy atom. The molecule has 144 valence electrons. The van der Waals surface area contributed by atoms with Crippen molar-refractivity contribution in [1.29, 1.82) is 0 Å². The summed E-state index contributed by atoms with van der Waals surface area (Å²) in [5, 5.41) is 7.29. The van der Waals surface area contributed by atoms with Gasteiger partial charge in [0.15, 0.2) is 17.1 Å². The van der Waals surface area contributed by atoms with Crippen molar-refractivity contribution in [2.24, 2.45) is 0 Å². The molecule has 0 saturated heterocycles. The van der Waals surface area contributed by atoms with Gasteiger partial charge in [0, 0.05) is 36.6 Å². The smallest absolute Gasteiger partial charge is 0.256 e. The van der Waals surface area contributed by atoms with Crippen LogP contribution in [0.5, 0.6) is 11.5 Å². The second-order valence-electron chi connectivity index (χ2n) is 6.52. The summed E-state index contributed by atoms with van der Waals surface area (Å²) in [5.41, 5.74) is 3.55. The third kappa shape index (κ3) is 3.25. The molecule has 0 spiro atoms. The first kappa shape index (κ1) is 17.2. The fourth-order valence-corrected chi connectivity index (χ4v) is 3.27. The Morgan fingerprint density at radius 3 is 2.90 bits per heavy atom. The lowest BCUT2D eigenvalue weighted by Crippen LogP contribution is -2.25. The van der Waals surface area contributed by atoms with E-state index in [4.69, 9.17) is 9.47 Å². The summed E-state index contributed by atoms with van der Waals surface area (Å²) in [6.07, 6.45) is 5.60. The van der Waals surface area contributed by atoms with Gasteiger partial charge >= 0.3 is 0 Å². The molecule has 0 bridgehead atoms. The second-order valence-corrected chi connectivity index (χ2v) is 6.52. The van der Waals surface area contributed by atoms with Gasteiger partial charge in [0.1, 0.15) is 5.56 Å². The van der Waals surface area contributed by atoms with Crippen LogP contribution in [0.3, 0.4) is 0 Å². The number of pyridine rings is 1. The van der Waals surface area contributed by atoms with Crippen LogP contribution in [0.2, 0.25) is 0 Å². The maximum Gasteiger partial charge on any atom is 0.256 e. The molecule has 4 heterocycles. The highest BCUT2D eigenvalue weighted by atomic mass is 16.7. The number of benzene rings is 1. The monoisotopic (exact) mass is 387 g/mol. The van der Waals surface area contributed by atoms with E-state index < -0.39 is 0 Å². The molecule has 0 radical (unpaired) electrons. The Bertz CT molecular complexity index is 1190. The van der Waals surface area contributed by atoms with Crippen LogP contribution in [-0.4, -0.2) is 38.8 Å². The molecule has 0 fully saturated rings. The third-order valence-corrected chi connectivity index (χ3v) is 4.71. The Morgan fingerprint density at radius 1 is 1.07 bits per heavy atom. The summed E-state index contributed by atoms with van der Waals surface area (Å²) in [6, 6.07) is 13.3. The van der Waals surface area contributed by atoms with Gasteiger partial charge in [-0.1, -0.05) is 6.07 Å². The molecule has 4 aromatic rings. The number of hydrogen-bond acceptors (Lipinski definition) is 6. The van der Waals surface area contributed by atoms with E-state index >= 15 is 0 Å².